The van der Waals surface area contributed by atoms with E-state index in [9.17, 15) is 44.6 Å². The van der Waals surface area contributed by atoms with Crippen LogP contribution in [0.5, 0.6) is 0 Å². The first kappa shape index (κ1) is 55.9. The van der Waals surface area contributed by atoms with Gasteiger partial charge in [-0.3, -0.25) is 18.6 Å². The molecule has 1 saturated carbocycles. The van der Waals surface area contributed by atoms with Crippen molar-refractivity contribution >= 4 is 19.8 Å². The number of hydrogen-bond acceptors (Lipinski definition) is 13. The van der Waals surface area contributed by atoms with Gasteiger partial charge < -0.3 is 44.6 Å². The van der Waals surface area contributed by atoms with Crippen LogP contribution < -0.4 is 0 Å². The van der Waals surface area contributed by atoms with Gasteiger partial charge in [-0.25, -0.2) is 4.57 Å². The average molecular weight is 901 g/mol. The molecule has 14 nitrogen and oxygen atoms in total. The summed E-state index contributed by atoms with van der Waals surface area (Å²) in [5.41, 5.74) is 0. The fourth-order valence-electron chi connectivity index (χ4n) is 7.12. The number of phosphoric ester groups is 1. The summed E-state index contributed by atoms with van der Waals surface area (Å²) >= 11 is 0. The first-order valence-electron chi connectivity index (χ1n) is 23.6. The van der Waals surface area contributed by atoms with E-state index in [-0.39, 0.29) is 12.8 Å². The lowest BCUT2D eigenvalue weighted by Crippen LogP contribution is -2.64. The highest BCUT2D eigenvalue weighted by Gasteiger charge is 2.51. The molecule has 1 aliphatic heterocycles. The predicted molar refractivity (Wildman–Crippen MR) is 239 cm³/mol. The number of aliphatic hydroxyl groups is 5. The van der Waals surface area contributed by atoms with Gasteiger partial charge in [-0.15, -0.1) is 0 Å². The van der Waals surface area contributed by atoms with Gasteiger partial charge >= 0.3 is 19.8 Å². The molecule has 15 heteroatoms. The van der Waals surface area contributed by atoms with Gasteiger partial charge in [-0.05, 0) is 77.0 Å². The molecular weight excluding hydrogens is 819 g/mol. The van der Waals surface area contributed by atoms with Gasteiger partial charge in [-0.1, -0.05) is 127 Å². The van der Waals surface area contributed by atoms with Gasteiger partial charge in [0.1, 0.15) is 43.2 Å². The smallest absolute Gasteiger partial charge is 0.462 e. The van der Waals surface area contributed by atoms with Crippen LogP contribution in [-0.4, -0.2) is 111 Å². The molecule has 1 heterocycles. The molecule has 0 radical (unpaired) electrons. The van der Waals surface area contributed by atoms with E-state index in [1.165, 1.54) is 38.5 Å². The maximum Gasteiger partial charge on any atom is 0.472 e. The second-order valence-electron chi connectivity index (χ2n) is 16.6. The number of unbranched alkanes of at least 4 members (excludes halogenated alkanes) is 14. The molecule has 1 saturated heterocycles. The standard InChI is InChI=1S/C47H81O14P/c1-3-5-7-8-9-10-11-12-13-14-15-16-17-18-22-25-29-33-40(48)57-35-37(36-58-62(55,56)61-47-45(53)43(51)42(50)44(52)46(47)54)59-41(49)34-30-26-23-20-19-21-24-28-32-39-38(60-39)31-27-6-4-2/h9-10,12-13,15-16,24,28,37-39,42-47,50-54H,3-8,11,14,17-23,25-27,29-36H2,1-2H3,(H,55,56)/b10-9-,13-12-,16-15-,28-24-/t37-,38?,39?,42?,43-,44+,45-,46-,47?/m1/s1. The molecule has 0 aromatic carbocycles. The van der Waals surface area contributed by atoms with E-state index >= 15 is 0 Å². The fourth-order valence-corrected chi connectivity index (χ4v) is 8.10. The number of rotatable bonds is 37. The Hall–Kier alpha value is -2.23. The van der Waals surface area contributed by atoms with Crippen LogP contribution in [0.1, 0.15) is 168 Å². The first-order valence-corrected chi connectivity index (χ1v) is 25.1. The molecule has 0 aromatic heterocycles. The van der Waals surface area contributed by atoms with Crippen LogP contribution in [0.3, 0.4) is 0 Å². The summed E-state index contributed by atoms with van der Waals surface area (Å²) in [6.07, 6.45) is 27.6. The lowest BCUT2D eigenvalue weighted by atomic mass is 9.85. The number of allylic oxidation sites excluding steroid dienone is 7. The van der Waals surface area contributed by atoms with Crippen LogP contribution in [0.25, 0.3) is 0 Å². The van der Waals surface area contributed by atoms with E-state index in [2.05, 4.69) is 62.5 Å². The minimum atomic E-state index is -5.13. The Morgan fingerprint density at radius 2 is 1.06 bits per heavy atom. The molecule has 2 rings (SSSR count). The van der Waals surface area contributed by atoms with Crippen molar-refractivity contribution in [2.45, 2.75) is 223 Å². The Bertz CT molecular complexity index is 1340. The molecule has 2 aliphatic rings. The quantitative estimate of drug-likeness (QED) is 0.0114. The molecule has 62 heavy (non-hydrogen) atoms. The summed E-state index contributed by atoms with van der Waals surface area (Å²) < 4.78 is 39.3. The number of phosphoric acid groups is 1. The van der Waals surface area contributed by atoms with E-state index in [0.717, 1.165) is 89.9 Å². The Morgan fingerprint density at radius 1 is 0.581 bits per heavy atom. The highest BCUT2D eigenvalue weighted by atomic mass is 31.2. The van der Waals surface area contributed by atoms with Gasteiger partial charge in [0.05, 0.1) is 18.8 Å². The van der Waals surface area contributed by atoms with Gasteiger partial charge in [-0.2, -0.15) is 0 Å². The third-order valence-corrected chi connectivity index (χ3v) is 12.1. The zero-order chi connectivity index (χ0) is 45.4. The Kier molecular flexibility index (Phi) is 30.8. The second-order valence-corrected chi connectivity index (χ2v) is 18.0. The van der Waals surface area contributed by atoms with Gasteiger partial charge in [0.15, 0.2) is 6.10 Å². The topological polar surface area (TPSA) is 222 Å². The number of hydrogen-bond donors (Lipinski definition) is 6. The fraction of sp³-hybridized carbons (Fsp3) is 0.787. The van der Waals surface area contributed by atoms with Crippen molar-refractivity contribution in [3.63, 3.8) is 0 Å². The minimum absolute atomic E-state index is 0.0692. The Morgan fingerprint density at radius 3 is 1.66 bits per heavy atom. The summed E-state index contributed by atoms with van der Waals surface area (Å²) in [5.74, 6) is -1.15. The lowest BCUT2D eigenvalue weighted by Gasteiger charge is -2.41. The van der Waals surface area contributed by atoms with E-state index in [1.807, 2.05) is 0 Å². The Balaban J connectivity index is 1.71. The maximum atomic E-state index is 12.8. The van der Waals surface area contributed by atoms with Crippen molar-refractivity contribution in [2.75, 3.05) is 13.2 Å². The number of aliphatic hydroxyl groups excluding tert-OH is 5. The number of epoxide rings is 1. The van der Waals surface area contributed by atoms with E-state index in [4.69, 9.17) is 23.3 Å². The van der Waals surface area contributed by atoms with Crippen molar-refractivity contribution in [1.82, 2.24) is 0 Å². The number of carbonyl (C=O) groups excluding carboxylic acids is 2. The van der Waals surface area contributed by atoms with Crippen LogP contribution in [0.15, 0.2) is 48.6 Å². The molecule has 0 spiro atoms. The monoisotopic (exact) mass is 901 g/mol. The number of ether oxygens (including phenoxy) is 3. The molecule has 5 unspecified atom stereocenters. The summed E-state index contributed by atoms with van der Waals surface area (Å²) in [4.78, 5) is 35.7. The highest BCUT2D eigenvalue weighted by molar-refractivity contribution is 7.47. The van der Waals surface area contributed by atoms with Crippen LogP contribution in [-0.2, 0) is 37.4 Å². The van der Waals surface area contributed by atoms with Crippen LogP contribution >= 0.6 is 7.82 Å². The lowest BCUT2D eigenvalue weighted by molar-refractivity contribution is -0.220. The first-order chi connectivity index (χ1) is 29.9. The SMILES string of the molecule is CCCCC/C=C\C/C=C\C/C=C\CCCCCCC(=O)OC[C@H](COP(=O)(O)OC1[C@H](O)[C@H](O)C(O)[C@H](O)[C@H]1O)OC(=O)CCCCCCC/C=C\CC1OC1CCCCC. The van der Waals surface area contributed by atoms with Crippen LogP contribution in [0.4, 0.5) is 0 Å². The second kappa shape index (κ2) is 34.2. The zero-order valence-electron chi connectivity index (χ0n) is 37.6. The van der Waals surface area contributed by atoms with Crippen molar-refractivity contribution in [3.8, 4) is 0 Å². The molecular formula is C47H81O14P. The normalized spacial score (nSPS) is 25.5. The molecule has 0 amide bonds. The highest BCUT2D eigenvalue weighted by Crippen LogP contribution is 2.47. The van der Waals surface area contributed by atoms with E-state index in [1.54, 1.807) is 0 Å². The van der Waals surface area contributed by atoms with E-state index < -0.39 is 75.7 Å². The average Bonchev–Trinajstić information content (AvgIpc) is 4.01. The van der Waals surface area contributed by atoms with Crippen molar-refractivity contribution in [3.05, 3.63) is 48.6 Å². The summed E-state index contributed by atoms with van der Waals surface area (Å²) in [6.45, 7) is 3.20. The molecule has 358 valence electrons. The molecule has 0 aromatic rings. The maximum absolute atomic E-state index is 12.8. The summed E-state index contributed by atoms with van der Waals surface area (Å²) in [6, 6.07) is 0. The third-order valence-electron chi connectivity index (χ3n) is 11.1. The van der Waals surface area contributed by atoms with Crippen LogP contribution in [0.2, 0.25) is 0 Å². The van der Waals surface area contributed by atoms with Gasteiger partial charge in [0.2, 0.25) is 0 Å². The predicted octanol–water partition coefficient (Wildman–Crippen LogP) is 8.16. The molecule has 0 bridgehead atoms. The number of esters is 2. The summed E-state index contributed by atoms with van der Waals surface area (Å²) in [7, 11) is -5.13. The van der Waals surface area contributed by atoms with Gasteiger partial charge in [0, 0.05) is 12.8 Å². The van der Waals surface area contributed by atoms with E-state index in [0.29, 0.717) is 25.0 Å². The number of carbonyl (C=O) groups is 2. The van der Waals surface area contributed by atoms with Crippen molar-refractivity contribution in [2.24, 2.45) is 0 Å². The molecule has 10 atom stereocenters. The Labute approximate surface area is 371 Å². The van der Waals surface area contributed by atoms with Crippen molar-refractivity contribution < 1.29 is 67.8 Å². The van der Waals surface area contributed by atoms with Crippen molar-refractivity contribution in [1.29, 1.82) is 0 Å². The molecule has 2 fully saturated rings. The molecule has 1 aliphatic carbocycles. The minimum Gasteiger partial charge on any atom is -0.462 e. The zero-order valence-corrected chi connectivity index (χ0v) is 38.5. The van der Waals surface area contributed by atoms with Crippen LogP contribution in [0, 0.1) is 0 Å². The summed E-state index contributed by atoms with van der Waals surface area (Å²) in [5, 5.41) is 50.2. The third kappa shape index (κ3) is 25.9. The van der Waals surface area contributed by atoms with Gasteiger partial charge in [0.25, 0.3) is 0 Å². The largest absolute Gasteiger partial charge is 0.472 e. The molecule has 6 N–H and O–H groups in total.